The number of benzene rings is 1. The van der Waals surface area contributed by atoms with Crippen LogP contribution in [0.2, 0.25) is 0 Å². The third-order valence-electron chi connectivity index (χ3n) is 4.38. The van der Waals surface area contributed by atoms with Gasteiger partial charge < -0.3 is 5.11 Å². The van der Waals surface area contributed by atoms with Crippen molar-refractivity contribution in [2.45, 2.75) is 69.4 Å². The first-order valence-electron chi connectivity index (χ1n) is 7.67. The Labute approximate surface area is 127 Å². The Bertz CT molecular complexity index is 590. The Morgan fingerprint density at radius 1 is 1.19 bits per heavy atom. The zero-order valence-electron chi connectivity index (χ0n) is 12.9. The molecule has 0 amide bonds. The van der Waals surface area contributed by atoms with Crippen LogP contribution in [0.4, 0.5) is 0 Å². The highest BCUT2D eigenvalue weighted by atomic mass is 32.2. The molecule has 0 spiro atoms. The van der Waals surface area contributed by atoms with E-state index in [9.17, 15) is 13.5 Å². The molecule has 1 aromatic carbocycles. The highest BCUT2D eigenvalue weighted by Crippen LogP contribution is 2.29. The van der Waals surface area contributed by atoms with Crippen LogP contribution in [0.25, 0.3) is 0 Å². The molecule has 0 radical (unpaired) electrons. The van der Waals surface area contributed by atoms with Crippen molar-refractivity contribution in [3.05, 3.63) is 29.3 Å². The Kier molecular flexibility index (Phi) is 5.07. The van der Waals surface area contributed by atoms with Crippen molar-refractivity contribution in [1.29, 1.82) is 0 Å². The second-order valence-electron chi connectivity index (χ2n) is 6.17. The van der Waals surface area contributed by atoms with Crippen LogP contribution >= 0.6 is 0 Å². The standard InChI is InChI=1S/C16H25NO3S/c1-3-13-7-8-15(11-14(13)12-18)21(19,20)17-16(2)9-5-4-6-10-16/h7-8,11,17-18H,3-6,9-10,12H2,1-2H3. The van der Waals surface area contributed by atoms with E-state index in [4.69, 9.17) is 0 Å². The highest BCUT2D eigenvalue weighted by molar-refractivity contribution is 7.89. The molecule has 0 aromatic heterocycles. The van der Waals surface area contributed by atoms with E-state index in [2.05, 4.69) is 4.72 Å². The predicted octanol–water partition coefficient (Wildman–Crippen LogP) is 2.74. The average Bonchev–Trinajstić information content (AvgIpc) is 2.46. The van der Waals surface area contributed by atoms with Gasteiger partial charge in [-0.05, 0) is 49.4 Å². The second-order valence-corrected chi connectivity index (χ2v) is 7.85. The maximum absolute atomic E-state index is 12.6. The number of aliphatic hydroxyl groups is 1. The maximum Gasteiger partial charge on any atom is 0.241 e. The van der Waals surface area contributed by atoms with Crippen molar-refractivity contribution in [2.75, 3.05) is 0 Å². The van der Waals surface area contributed by atoms with Crippen LogP contribution in [0.15, 0.2) is 23.1 Å². The van der Waals surface area contributed by atoms with Gasteiger partial charge in [-0.2, -0.15) is 0 Å². The lowest BCUT2D eigenvalue weighted by Crippen LogP contribution is -2.47. The minimum Gasteiger partial charge on any atom is -0.392 e. The number of hydrogen-bond acceptors (Lipinski definition) is 3. The molecule has 1 aromatic rings. The summed E-state index contributed by atoms with van der Waals surface area (Å²) in [4.78, 5) is 0.246. The molecule has 118 valence electrons. The summed E-state index contributed by atoms with van der Waals surface area (Å²) < 4.78 is 28.0. The zero-order valence-corrected chi connectivity index (χ0v) is 13.7. The monoisotopic (exact) mass is 311 g/mol. The molecule has 0 bridgehead atoms. The molecule has 4 nitrogen and oxygen atoms in total. The lowest BCUT2D eigenvalue weighted by Gasteiger charge is -2.34. The van der Waals surface area contributed by atoms with Crippen molar-refractivity contribution in [2.24, 2.45) is 0 Å². The molecule has 0 unspecified atom stereocenters. The number of aryl methyl sites for hydroxylation is 1. The molecule has 5 heteroatoms. The molecular weight excluding hydrogens is 286 g/mol. The number of rotatable bonds is 5. The fourth-order valence-electron chi connectivity index (χ4n) is 3.08. The van der Waals surface area contributed by atoms with Crippen LogP contribution in [-0.2, 0) is 23.1 Å². The van der Waals surface area contributed by atoms with E-state index >= 15 is 0 Å². The van der Waals surface area contributed by atoms with Gasteiger partial charge in [0, 0.05) is 5.54 Å². The number of hydrogen-bond donors (Lipinski definition) is 2. The van der Waals surface area contributed by atoms with Crippen molar-refractivity contribution >= 4 is 10.0 Å². The second kappa shape index (κ2) is 6.46. The lowest BCUT2D eigenvalue weighted by atomic mass is 9.84. The largest absolute Gasteiger partial charge is 0.392 e. The van der Waals surface area contributed by atoms with E-state index in [1.165, 1.54) is 6.42 Å². The molecule has 0 saturated heterocycles. The Morgan fingerprint density at radius 3 is 2.43 bits per heavy atom. The van der Waals surface area contributed by atoms with Crippen LogP contribution < -0.4 is 4.72 Å². The first-order chi connectivity index (χ1) is 9.90. The van der Waals surface area contributed by atoms with Crippen LogP contribution in [0, 0.1) is 0 Å². The van der Waals surface area contributed by atoms with Gasteiger partial charge in [0.05, 0.1) is 11.5 Å². The van der Waals surface area contributed by atoms with Crippen LogP contribution in [0.5, 0.6) is 0 Å². The molecule has 1 saturated carbocycles. The highest BCUT2D eigenvalue weighted by Gasteiger charge is 2.32. The van der Waals surface area contributed by atoms with Gasteiger partial charge in [-0.3, -0.25) is 0 Å². The molecule has 0 heterocycles. The minimum atomic E-state index is -3.54. The molecule has 1 fully saturated rings. The molecule has 2 rings (SSSR count). The SMILES string of the molecule is CCc1ccc(S(=O)(=O)NC2(C)CCCCC2)cc1CO. The summed E-state index contributed by atoms with van der Waals surface area (Å²) in [5, 5.41) is 9.40. The number of sulfonamides is 1. The first-order valence-corrected chi connectivity index (χ1v) is 9.15. The fourth-order valence-corrected chi connectivity index (χ4v) is 4.59. The summed E-state index contributed by atoms with van der Waals surface area (Å²) in [6.45, 7) is 3.84. The fraction of sp³-hybridized carbons (Fsp3) is 0.625. The summed E-state index contributed by atoms with van der Waals surface area (Å²) >= 11 is 0. The summed E-state index contributed by atoms with van der Waals surface area (Å²) in [6.07, 6.45) is 5.85. The van der Waals surface area contributed by atoms with E-state index in [0.29, 0.717) is 5.56 Å². The molecule has 1 aliphatic rings. The van der Waals surface area contributed by atoms with E-state index in [-0.39, 0.29) is 17.0 Å². The quantitative estimate of drug-likeness (QED) is 0.878. The van der Waals surface area contributed by atoms with E-state index in [1.807, 2.05) is 13.8 Å². The van der Waals surface area contributed by atoms with E-state index in [1.54, 1.807) is 18.2 Å². The first kappa shape index (κ1) is 16.5. The van der Waals surface area contributed by atoms with Gasteiger partial charge in [0.2, 0.25) is 10.0 Å². The van der Waals surface area contributed by atoms with Crippen molar-refractivity contribution in [3.63, 3.8) is 0 Å². The molecule has 2 N–H and O–H groups in total. The molecular formula is C16H25NO3S. The predicted molar refractivity (Wildman–Crippen MR) is 83.6 cm³/mol. The Hall–Kier alpha value is -0.910. The number of nitrogens with one attached hydrogen (secondary N) is 1. The van der Waals surface area contributed by atoms with Gasteiger partial charge in [-0.25, -0.2) is 13.1 Å². The topological polar surface area (TPSA) is 66.4 Å². The molecule has 0 atom stereocenters. The van der Waals surface area contributed by atoms with Crippen LogP contribution in [0.1, 0.15) is 57.1 Å². The average molecular weight is 311 g/mol. The van der Waals surface area contributed by atoms with Gasteiger partial charge in [0.1, 0.15) is 0 Å². The zero-order chi connectivity index (χ0) is 15.5. The lowest BCUT2D eigenvalue weighted by molar-refractivity contribution is 0.280. The Balaban J connectivity index is 2.27. The maximum atomic E-state index is 12.6. The number of aliphatic hydroxyl groups excluding tert-OH is 1. The van der Waals surface area contributed by atoms with Gasteiger partial charge in [0.15, 0.2) is 0 Å². The van der Waals surface area contributed by atoms with Gasteiger partial charge >= 0.3 is 0 Å². The van der Waals surface area contributed by atoms with E-state index in [0.717, 1.165) is 37.7 Å². The molecule has 21 heavy (non-hydrogen) atoms. The summed E-state index contributed by atoms with van der Waals surface area (Å²) in [6, 6.07) is 5.02. The summed E-state index contributed by atoms with van der Waals surface area (Å²) in [7, 11) is -3.54. The van der Waals surface area contributed by atoms with E-state index < -0.39 is 10.0 Å². The minimum absolute atomic E-state index is 0.135. The molecule has 0 aliphatic heterocycles. The van der Waals surface area contributed by atoms with Crippen LogP contribution in [0.3, 0.4) is 0 Å². The van der Waals surface area contributed by atoms with Gasteiger partial charge in [-0.15, -0.1) is 0 Å². The van der Waals surface area contributed by atoms with Crippen molar-refractivity contribution in [1.82, 2.24) is 4.72 Å². The smallest absolute Gasteiger partial charge is 0.241 e. The normalized spacial score (nSPS) is 18.6. The van der Waals surface area contributed by atoms with Crippen molar-refractivity contribution < 1.29 is 13.5 Å². The van der Waals surface area contributed by atoms with Gasteiger partial charge in [-0.1, -0.05) is 32.3 Å². The Morgan fingerprint density at radius 2 is 1.86 bits per heavy atom. The van der Waals surface area contributed by atoms with Crippen LogP contribution in [-0.4, -0.2) is 19.1 Å². The van der Waals surface area contributed by atoms with Gasteiger partial charge in [0.25, 0.3) is 0 Å². The van der Waals surface area contributed by atoms with Crippen molar-refractivity contribution in [3.8, 4) is 0 Å². The summed E-state index contributed by atoms with van der Waals surface area (Å²) in [5.41, 5.74) is 1.33. The molecule has 1 aliphatic carbocycles. The third kappa shape index (κ3) is 3.84. The third-order valence-corrected chi connectivity index (χ3v) is 6.01. The summed E-state index contributed by atoms with van der Waals surface area (Å²) in [5.74, 6) is 0.